The summed E-state index contributed by atoms with van der Waals surface area (Å²) in [7, 11) is 1.61. The van der Waals surface area contributed by atoms with E-state index < -0.39 is 11.7 Å². The van der Waals surface area contributed by atoms with Crippen molar-refractivity contribution in [1.29, 1.82) is 5.26 Å². The first-order valence-electron chi connectivity index (χ1n) is 10.5. The molecule has 2 aromatic rings. The molecule has 1 aliphatic rings. The lowest BCUT2D eigenvalue weighted by atomic mass is 10.0. The Morgan fingerprint density at radius 1 is 1.24 bits per heavy atom. The highest BCUT2D eigenvalue weighted by Gasteiger charge is 2.35. The number of hydrogen-bond acceptors (Lipinski definition) is 8. The molecule has 178 valence electrons. The molecule has 1 fully saturated rings. The Labute approximate surface area is 195 Å². The third kappa shape index (κ3) is 6.22. The van der Waals surface area contributed by atoms with E-state index in [9.17, 15) is 18.4 Å². The number of alkyl halides is 3. The monoisotopic (exact) mass is 480 g/mol. The van der Waals surface area contributed by atoms with E-state index in [1.54, 1.807) is 19.0 Å². The summed E-state index contributed by atoms with van der Waals surface area (Å²) < 4.78 is 49.1. The number of nitrogens with zero attached hydrogens (tertiary/aromatic N) is 4. The number of benzene rings is 1. The molecule has 3 N–H and O–H groups in total. The number of nitrogen functional groups attached to an aromatic ring is 1. The summed E-state index contributed by atoms with van der Waals surface area (Å²) in [5.41, 5.74) is 5.93. The van der Waals surface area contributed by atoms with Gasteiger partial charge >= 0.3 is 6.18 Å². The third-order valence-corrected chi connectivity index (χ3v) is 6.36. The zero-order valence-corrected chi connectivity index (χ0v) is 19.4. The van der Waals surface area contributed by atoms with Gasteiger partial charge in [0.2, 0.25) is 0 Å². The number of ether oxygens (including phenoxy) is 1. The average molecular weight is 481 g/mol. The summed E-state index contributed by atoms with van der Waals surface area (Å²) in [6, 6.07) is 7.19. The van der Waals surface area contributed by atoms with Gasteiger partial charge < -0.3 is 20.7 Å². The number of pyridine rings is 1. The number of anilines is 2. The number of nitrogens with two attached hydrogens (primary N) is 1. The van der Waals surface area contributed by atoms with Gasteiger partial charge in [-0.2, -0.15) is 18.4 Å². The molecule has 11 heteroatoms. The van der Waals surface area contributed by atoms with Crippen molar-refractivity contribution in [1.82, 2.24) is 14.2 Å². The number of aromatic nitrogens is 1. The van der Waals surface area contributed by atoms with Crippen LogP contribution < -0.4 is 15.8 Å². The first-order chi connectivity index (χ1) is 15.8. The normalized spacial score (nSPS) is 15.3. The Morgan fingerprint density at radius 3 is 2.58 bits per heavy atom. The van der Waals surface area contributed by atoms with Gasteiger partial charge in [-0.05, 0) is 36.9 Å². The molecule has 0 unspecified atom stereocenters. The molecule has 0 amide bonds. The summed E-state index contributed by atoms with van der Waals surface area (Å²) in [5.74, 6) is -0.219. The number of nitrogens with one attached hydrogen (secondary N) is 1. The fourth-order valence-corrected chi connectivity index (χ4v) is 4.17. The maximum absolute atomic E-state index is 13.8. The van der Waals surface area contributed by atoms with E-state index in [1.165, 1.54) is 18.2 Å². The van der Waals surface area contributed by atoms with Crippen molar-refractivity contribution in [2.75, 3.05) is 63.7 Å². The highest BCUT2D eigenvalue weighted by molar-refractivity contribution is 7.96. The Kier molecular flexibility index (Phi) is 8.29. The van der Waals surface area contributed by atoms with Crippen LogP contribution in [-0.4, -0.2) is 66.8 Å². The molecule has 1 saturated heterocycles. The Bertz CT molecular complexity index is 1000. The second-order valence-electron chi connectivity index (χ2n) is 7.54. The first-order valence-corrected chi connectivity index (χ1v) is 11.7. The summed E-state index contributed by atoms with van der Waals surface area (Å²) in [5, 5.41) is 12.1. The van der Waals surface area contributed by atoms with E-state index in [4.69, 9.17) is 10.5 Å². The van der Waals surface area contributed by atoms with Crippen LogP contribution >= 0.6 is 11.9 Å². The van der Waals surface area contributed by atoms with E-state index in [0.29, 0.717) is 12.1 Å². The van der Waals surface area contributed by atoms with Crippen LogP contribution in [0.25, 0.3) is 11.3 Å². The number of halogens is 3. The van der Waals surface area contributed by atoms with Crippen LogP contribution in [-0.2, 0) is 6.18 Å². The minimum atomic E-state index is -4.60. The van der Waals surface area contributed by atoms with Crippen LogP contribution in [0.3, 0.4) is 0 Å². The fraction of sp³-hybridized carbons (Fsp3) is 0.455. The van der Waals surface area contributed by atoms with Gasteiger partial charge in [0, 0.05) is 45.3 Å². The molecule has 7 nitrogen and oxygen atoms in total. The van der Waals surface area contributed by atoms with E-state index in [-0.39, 0.29) is 35.0 Å². The van der Waals surface area contributed by atoms with E-state index >= 15 is 0 Å². The predicted octanol–water partition coefficient (Wildman–Crippen LogP) is 3.93. The van der Waals surface area contributed by atoms with Crippen LogP contribution in [0.2, 0.25) is 0 Å². The SMILES string of the molecule is CNc1cc(-c2ccc(OCCCN3CCN(SC)CC3)c(C(F)(F)F)c2)nc(C#N)c1N. The molecule has 1 aromatic carbocycles. The quantitative estimate of drug-likeness (QED) is 0.434. The second kappa shape index (κ2) is 11.0. The van der Waals surface area contributed by atoms with Gasteiger partial charge in [-0.25, -0.2) is 9.29 Å². The maximum Gasteiger partial charge on any atom is 0.419 e. The largest absolute Gasteiger partial charge is 0.493 e. The fourth-order valence-electron chi connectivity index (χ4n) is 3.64. The number of hydrogen-bond donors (Lipinski definition) is 2. The lowest BCUT2D eigenvalue weighted by Crippen LogP contribution is -2.43. The zero-order chi connectivity index (χ0) is 24.0. The Balaban J connectivity index is 1.72. The standard InChI is InChI=1S/C22H27F3N6OS/c1-28-18-13-17(29-19(14-26)21(18)27)15-4-5-20(16(12-15)22(23,24)25)32-11-3-6-30-7-9-31(33-2)10-8-30/h4-5,12-13H,3,6-11,27H2,1-2H3,(H,28,29). The van der Waals surface area contributed by atoms with Crippen molar-refractivity contribution in [2.24, 2.45) is 0 Å². The molecule has 0 atom stereocenters. The Morgan fingerprint density at radius 2 is 1.97 bits per heavy atom. The molecule has 0 saturated carbocycles. The smallest absolute Gasteiger partial charge is 0.419 e. The minimum Gasteiger partial charge on any atom is -0.493 e. The molecule has 0 radical (unpaired) electrons. The van der Waals surface area contributed by atoms with Crippen molar-refractivity contribution in [3.05, 3.63) is 35.5 Å². The molecular formula is C22H27F3N6OS. The highest BCUT2D eigenvalue weighted by atomic mass is 32.2. The van der Waals surface area contributed by atoms with Gasteiger partial charge in [-0.1, -0.05) is 11.9 Å². The molecular weight excluding hydrogens is 453 g/mol. The van der Waals surface area contributed by atoms with Crippen LogP contribution in [0.1, 0.15) is 17.7 Å². The third-order valence-electron chi connectivity index (χ3n) is 5.48. The van der Waals surface area contributed by atoms with E-state index in [1.807, 2.05) is 6.07 Å². The van der Waals surface area contributed by atoms with E-state index in [0.717, 1.165) is 38.8 Å². The number of piperazine rings is 1. The molecule has 0 bridgehead atoms. The van der Waals surface area contributed by atoms with Gasteiger partial charge in [-0.15, -0.1) is 0 Å². The van der Waals surface area contributed by atoms with Crippen LogP contribution in [0.5, 0.6) is 5.75 Å². The zero-order valence-electron chi connectivity index (χ0n) is 18.6. The summed E-state index contributed by atoms with van der Waals surface area (Å²) in [6.07, 6.45) is -1.91. The molecule has 1 aromatic heterocycles. The van der Waals surface area contributed by atoms with Gasteiger partial charge in [0.05, 0.1) is 29.2 Å². The topological polar surface area (TPSA) is 90.4 Å². The van der Waals surface area contributed by atoms with Gasteiger partial charge in [0.15, 0.2) is 5.69 Å². The summed E-state index contributed by atoms with van der Waals surface area (Å²) in [6.45, 7) is 4.80. The highest BCUT2D eigenvalue weighted by Crippen LogP contribution is 2.39. The van der Waals surface area contributed by atoms with E-state index in [2.05, 4.69) is 25.8 Å². The van der Waals surface area contributed by atoms with Crippen LogP contribution in [0, 0.1) is 11.3 Å². The molecule has 2 heterocycles. The van der Waals surface area contributed by atoms with Crippen molar-refractivity contribution >= 4 is 23.3 Å². The van der Waals surface area contributed by atoms with Crippen molar-refractivity contribution < 1.29 is 17.9 Å². The van der Waals surface area contributed by atoms with Gasteiger partial charge in [-0.3, -0.25) is 0 Å². The predicted molar refractivity (Wildman–Crippen MR) is 125 cm³/mol. The van der Waals surface area contributed by atoms with Crippen LogP contribution in [0.15, 0.2) is 24.3 Å². The first kappa shape index (κ1) is 25.0. The molecule has 3 rings (SSSR count). The molecule has 33 heavy (non-hydrogen) atoms. The summed E-state index contributed by atoms with van der Waals surface area (Å²) >= 11 is 1.73. The minimum absolute atomic E-state index is 0.0518. The molecule has 0 spiro atoms. The Hall–Kier alpha value is -2.68. The maximum atomic E-state index is 13.8. The van der Waals surface area contributed by atoms with Crippen molar-refractivity contribution in [3.8, 4) is 23.1 Å². The summed E-state index contributed by atoms with van der Waals surface area (Å²) in [4.78, 5) is 6.41. The lowest BCUT2D eigenvalue weighted by Gasteiger charge is -2.33. The van der Waals surface area contributed by atoms with Crippen molar-refractivity contribution in [2.45, 2.75) is 12.6 Å². The van der Waals surface area contributed by atoms with Gasteiger partial charge in [0.25, 0.3) is 0 Å². The average Bonchev–Trinajstić information content (AvgIpc) is 2.81. The number of nitriles is 1. The molecule has 0 aliphatic carbocycles. The number of rotatable bonds is 8. The molecule has 1 aliphatic heterocycles. The van der Waals surface area contributed by atoms with Crippen LogP contribution in [0.4, 0.5) is 24.5 Å². The van der Waals surface area contributed by atoms with Crippen molar-refractivity contribution in [3.63, 3.8) is 0 Å². The van der Waals surface area contributed by atoms with Gasteiger partial charge in [0.1, 0.15) is 11.8 Å². The lowest BCUT2D eigenvalue weighted by molar-refractivity contribution is -0.138. The second-order valence-corrected chi connectivity index (χ2v) is 8.42.